The zero-order valence-corrected chi connectivity index (χ0v) is 14.1. The minimum atomic E-state index is 0.139. The minimum Gasteiger partial charge on any atom is -0.303 e. The summed E-state index contributed by atoms with van der Waals surface area (Å²) in [6.45, 7) is 9.36. The van der Waals surface area contributed by atoms with E-state index in [4.69, 9.17) is 4.98 Å². The lowest BCUT2D eigenvalue weighted by atomic mass is 9.71. The van der Waals surface area contributed by atoms with Crippen LogP contribution in [0.3, 0.4) is 0 Å². The summed E-state index contributed by atoms with van der Waals surface area (Å²) in [5.41, 5.74) is 1.54. The fourth-order valence-corrected chi connectivity index (χ4v) is 5.75. The molecular formula is C17H28N2S. The van der Waals surface area contributed by atoms with Crippen molar-refractivity contribution in [2.75, 3.05) is 0 Å². The van der Waals surface area contributed by atoms with Crippen molar-refractivity contribution in [2.45, 2.75) is 77.8 Å². The molecule has 1 N–H and O–H groups in total. The van der Waals surface area contributed by atoms with Gasteiger partial charge in [-0.15, -0.1) is 11.3 Å². The molecule has 2 aliphatic carbocycles. The smallest absolute Gasteiger partial charge is 0.113 e. The molecule has 3 heteroatoms. The van der Waals surface area contributed by atoms with E-state index in [2.05, 4.69) is 33.0 Å². The highest BCUT2D eigenvalue weighted by Gasteiger charge is 2.42. The van der Waals surface area contributed by atoms with Crippen molar-refractivity contribution in [3.63, 3.8) is 0 Å². The maximum atomic E-state index is 5.06. The first-order valence-electron chi connectivity index (χ1n) is 8.25. The van der Waals surface area contributed by atoms with E-state index in [0.29, 0.717) is 6.04 Å². The Morgan fingerprint density at radius 2 is 1.90 bits per heavy atom. The molecule has 2 unspecified atom stereocenters. The Balaban J connectivity index is 1.95. The van der Waals surface area contributed by atoms with Gasteiger partial charge in [0.1, 0.15) is 5.01 Å². The summed E-state index contributed by atoms with van der Waals surface area (Å²) in [5.74, 6) is 1.59. The fraction of sp³-hybridized carbons (Fsp3) is 0.824. The summed E-state index contributed by atoms with van der Waals surface area (Å²) in [7, 11) is 0. The molecule has 0 bridgehead atoms. The van der Waals surface area contributed by atoms with Gasteiger partial charge in [0.05, 0.1) is 11.2 Å². The van der Waals surface area contributed by atoms with Crippen LogP contribution in [0.15, 0.2) is 0 Å². The van der Waals surface area contributed by atoms with Crippen LogP contribution in [0.4, 0.5) is 0 Å². The highest BCUT2D eigenvalue weighted by Crippen LogP contribution is 2.45. The molecule has 20 heavy (non-hydrogen) atoms. The van der Waals surface area contributed by atoms with E-state index in [1.807, 2.05) is 11.3 Å². The molecule has 1 fully saturated rings. The first kappa shape index (κ1) is 14.5. The number of rotatable bonds is 3. The van der Waals surface area contributed by atoms with E-state index < -0.39 is 0 Å². The SMILES string of the molecule is CC1CC(C)CC(NC(C)C)(c2nc3c(s2)CCC3)C1. The van der Waals surface area contributed by atoms with Gasteiger partial charge in [-0.1, -0.05) is 13.8 Å². The summed E-state index contributed by atoms with van der Waals surface area (Å²) in [6.07, 6.45) is 7.65. The van der Waals surface area contributed by atoms with Gasteiger partial charge < -0.3 is 5.32 Å². The van der Waals surface area contributed by atoms with Crippen LogP contribution >= 0.6 is 11.3 Å². The second-order valence-corrected chi connectivity index (χ2v) is 8.56. The largest absolute Gasteiger partial charge is 0.303 e. The van der Waals surface area contributed by atoms with E-state index >= 15 is 0 Å². The second kappa shape index (κ2) is 5.42. The lowest BCUT2D eigenvalue weighted by molar-refractivity contribution is 0.133. The van der Waals surface area contributed by atoms with Crippen molar-refractivity contribution < 1.29 is 0 Å². The van der Waals surface area contributed by atoms with E-state index in [0.717, 1.165) is 11.8 Å². The highest BCUT2D eigenvalue weighted by molar-refractivity contribution is 7.12. The average molecular weight is 292 g/mol. The molecule has 1 heterocycles. The second-order valence-electron chi connectivity index (χ2n) is 7.48. The molecule has 0 spiro atoms. The maximum absolute atomic E-state index is 5.06. The summed E-state index contributed by atoms with van der Waals surface area (Å²) in [4.78, 5) is 6.63. The molecule has 1 aromatic rings. The Kier molecular flexibility index (Phi) is 3.93. The number of aromatic nitrogens is 1. The molecular weight excluding hydrogens is 264 g/mol. The molecule has 112 valence electrons. The van der Waals surface area contributed by atoms with Gasteiger partial charge in [0.2, 0.25) is 0 Å². The Morgan fingerprint density at radius 1 is 1.20 bits per heavy atom. The minimum absolute atomic E-state index is 0.139. The molecule has 2 nitrogen and oxygen atoms in total. The van der Waals surface area contributed by atoms with E-state index in [1.165, 1.54) is 49.2 Å². The van der Waals surface area contributed by atoms with Gasteiger partial charge in [-0.3, -0.25) is 0 Å². The fourth-order valence-electron chi connectivity index (χ4n) is 4.43. The normalized spacial score (nSPS) is 33.6. The molecule has 3 rings (SSSR count). The van der Waals surface area contributed by atoms with E-state index in [9.17, 15) is 0 Å². The Hall–Kier alpha value is -0.410. The van der Waals surface area contributed by atoms with Crippen LogP contribution in [0, 0.1) is 11.8 Å². The molecule has 0 saturated heterocycles. The monoisotopic (exact) mass is 292 g/mol. The number of thiazole rings is 1. The molecule has 0 aliphatic heterocycles. The van der Waals surface area contributed by atoms with Gasteiger partial charge in [0.25, 0.3) is 0 Å². The molecule has 2 aliphatic rings. The zero-order chi connectivity index (χ0) is 14.3. The lowest BCUT2D eigenvalue weighted by Crippen LogP contribution is -2.50. The summed E-state index contributed by atoms with van der Waals surface area (Å²) >= 11 is 2.00. The number of nitrogens with zero attached hydrogens (tertiary/aromatic N) is 1. The third kappa shape index (κ3) is 2.67. The van der Waals surface area contributed by atoms with Crippen molar-refractivity contribution in [2.24, 2.45) is 11.8 Å². The molecule has 2 atom stereocenters. The summed E-state index contributed by atoms with van der Waals surface area (Å²) in [6, 6.07) is 0.520. The number of hydrogen-bond acceptors (Lipinski definition) is 3. The molecule has 0 radical (unpaired) electrons. The van der Waals surface area contributed by atoms with Crippen molar-refractivity contribution in [1.82, 2.24) is 10.3 Å². The predicted molar refractivity (Wildman–Crippen MR) is 86.3 cm³/mol. The molecule has 1 saturated carbocycles. The lowest BCUT2D eigenvalue weighted by Gasteiger charge is -2.43. The van der Waals surface area contributed by atoms with E-state index in [1.54, 1.807) is 4.88 Å². The van der Waals surface area contributed by atoms with Crippen molar-refractivity contribution in [3.05, 3.63) is 15.6 Å². The van der Waals surface area contributed by atoms with Gasteiger partial charge in [-0.25, -0.2) is 4.98 Å². The van der Waals surface area contributed by atoms with Crippen LogP contribution in [0.1, 0.15) is 69.0 Å². The molecule has 0 aromatic carbocycles. The number of aryl methyl sites for hydroxylation is 2. The van der Waals surface area contributed by atoms with Crippen LogP contribution < -0.4 is 5.32 Å². The Bertz CT molecular complexity index is 440. The van der Waals surface area contributed by atoms with E-state index in [-0.39, 0.29) is 5.54 Å². The van der Waals surface area contributed by atoms with Gasteiger partial charge in [0.15, 0.2) is 0 Å². The van der Waals surface area contributed by atoms with Crippen molar-refractivity contribution >= 4 is 11.3 Å². The Labute approximate surface area is 127 Å². The first-order valence-corrected chi connectivity index (χ1v) is 9.07. The topological polar surface area (TPSA) is 24.9 Å². The van der Waals surface area contributed by atoms with Gasteiger partial charge in [-0.05, 0) is 64.2 Å². The number of fused-ring (bicyclic) bond motifs is 1. The quantitative estimate of drug-likeness (QED) is 0.899. The van der Waals surface area contributed by atoms with Crippen LogP contribution in [0.2, 0.25) is 0 Å². The summed E-state index contributed by atoms with van der Waals surface area (Å²) in [5, 5.41) is 5.29. The third-order valence-corrected chi connectivity index (χ3v) is 6.13. The average Bonchev–Trinajstić information content (AvgIpc) is 2.85. The maximum Gasteiger partial charge on any atom is 0.113 e. The zero-order valence-electron chi connectivity index (χ0n) is 13.3. The predicted octanol–water partition coefficient (Wildman–Crippen LogP) is 4.28. The number of nitrogens with one attached hydrogen (secondary N) is 1. The summed E-state index contributed by atoms with van der Waals surface area (Å²) < 4.78 is 0. The van der Waals surface area contributed by atoms with Crippen LogP contribution in [0.25, 0.3) is 0 Å². The van der Waals surface area contributed by atoms with Crippen molar-refractivity contribution in [1.29, 1.82) is 0 Å². The third-order valence-electron chi connectivity index (χ3n) is 4.77. The van der Waals surface area contributed by atoms with Crippen molar-refractivity contribution in [3.8, 4) is 0 Å². The molecule has 0 amide bonds. The standard InChI is InChI=1S/C17H28N2S/c1-11(2)19-17(9-12(3)8-13(4)10-17)16-18-14-6-5-7-15(14)20-16/h11-13,19H,5-10H2,1-4H3. The van der Waals surface area contributed by atoms with Crippen LogP contribution in [-0.4, -0.2) is 11.0 Å². The number of hydrogen-bond donors (Lipinski definition) is 1. The Morgan fingerprint density at radius 3 is 2.50 bits per heavy atom. The highest BCUT2D eigenvalue weighted by atomic mass is 32.1. The van der Waals surface area contributed by atoms with Crippen LogP contribution in [-0.2, 0) is 18.4 Å². The van der Waals surface area contributed by atoms with Gasteiger partial charge >= 0.3 is 0 Å². The molecule has 1 aromatic heterocycles. The van der Waals surface area contributed by atoms with Gasteiger partial charge in [0, 0.05) is 10.9 Å². The van der Waals surface area contributed by atoms with Gasteiger partial charge in [-0.2, -0.15) is 0 Å². The van der Waals surface area contributed by atoms with Crippen LogP contribution in [0.5, 0.6) is 0 Å². The first-order chi connectivity index (χ1) is 9.48.